The first-order valence-electron chi connectivity index (χ1n) is 5.83. The molecule has 2 aromatic rings. The van der Waals surface area contributed by atoms with Gasteiger partial charge in [-0.15, -0.1) is 0 Å². The Morgan fingerprint density at radius 3 is 2.38 bits per heavy atom. The maximum absolute atomic E-state index is 12.1. The van der Waals surface area contributed by atoms with Crippen LogP contribution in [0.15, 0.2) is 57.5 Å². The van der Waals surface area contributed by atoms with Gasteiger partial charge in [0.05, 0.1) is 5.69 Å². The Morgan fingerprint density at radius 1 is 1.05 bits per heavy atom. The number of carbonyl (C=O) groups is 2. The molecule has 0 heterocycles. The number of nitrogens with one attached hydrogen (secondary N) is 1. The summed E-state index contributed by atoms with van der Waals surface area (Å²) in [6.07, 6.45) is 0. The highest BCUT2D eigenvalue weighted by molar-refractivity contribution is 9.11. The molecule has 2 rings (SSSR count). The van der Waals surface area contributed by atoms with Crippen molar-refractivity contribution in [3.8, 4) is 0 Å². The third kappa shape index (κ3) is 4.09. The zero-order chi connectivity index (χ0) is 15.4. The van der Waals surface area contributed by atoms with E-state index in [4.69, 9.17) is 0 Å². The first kappa shape index (κ1) is 16.1. The zero-order valence-corrected chi connectivity index (χ0v) is 14.7. The predicted molar refractivity (Wildman–Crippen MR) is 92.5 cm³/mol. The molecular weight excluding hydrogens is 420 g/mol. The Kier molecular flexibility index (Phi) is 5.44. The molecular formula is C14H10Br2N2O2S. The van der Waals surface area contributed by atoms with E-state index in [1.54, 1.807) is 42.5 Å². The van der Waals surface area contributed by atoms with Gasteiger partial charge in [0, 0.05) is 14.5 Å². The van der Waals surface area contributed by atoms with Crippen molar-refractivity contribution in [2.24, 2.45) is 0 Å². The fourth-order valence-corrected chi connectivity index (χ4v) is 2.43. The van der Waals surface area contributed by atoms with Gasteiger partial charge in [-0.25, -0.2) is 9.10 Å². The third-order valence-corrected chi connectivity index (χ3v) is 4.12. The Balaban J connectivity index is 2.13. The van der Waals surface area contributed by atoms with Crippen LogP contribution in [0, 0.1) is 0 Å². The van der Waals surface area contributed by atoms with Crippen LogP contribution in [-0.4, -0.2) is 16.2 Å². The van der Waals surface area contributed by atoms with Crippen molar-refractivity contribution in [3.05, 3.63) is 63.0 Å². The predicted octanol–water partition coefficient (Wildman–Crippen LogP) is 4.73. The molecule has 21 heavy (non-hydrogen) atoms. The average molecular weight is 430 g/mol. The van der Waals surface area contributed by atoms with Gasteiger partial charge in [0.2, 0.25) is 0 Å². The van der Waals surface area contributed by atoms with Gasteiger partial charge in [0.1, 0.15) is 0 Å². The van der Waals surface area contributed by atoms with Crippen LogP contribution >= 0.6 is 44.7 Å². The lowest BCUT2D eigenvalue weighted by Gasteiger charge is -2.15. The van der Waals surface area contributed by atoms with Crippen LogP contribution < -0.4 is 5.32 Å². The van der Waals surface area contributed by atoms with Gasteiger partial charge in [0.15, 0.2) is 0 Å². The van der Waals surface area contributed by atoms with Crippen molar-refractivity contribution in [2.45, 2.75) is 0 Å². The Labute approximate surface area is 144 Å². The molecule has 7 heteroatoms. The number of hydrogen-bond acceptors (Lipinski definition) is 3. The SMILES string of the molecule is O=C(Nc1cc(Br)ccc1Br)N(S)C(=O)c1ccccc1. The number of halogens is 2. The molecule has 0 aliphatic heterocycles. The summed E-state index contributed by atoms with van der Waals surface area (Å²) in [6, 6.07) is 13.2. The number of carbonyl (C=O) groups excluding carboxylic acids is 2. The van der Waals surface area contributed by atoms with Crippen molar-refractivity contribution < 1.29 is 9.59 Å². The second-order valence-corrected chi connectivity index (χ2v) is 6.21. The summed E-state index contributed by atoms with van der Waals surface area (Å²) >= 11 is 10.6. The van der Waals surface area contributed by atoms with Crippen LogP contribution in [0.5, 0.6) is 0 Å². The van der Waals surface area contributed by atoms with E-state index in [9.17, 15) is 9.59 Å². The van der Waals surface area contributed by atoms with Gasteiger partial charge in [-0.2, -0.15) is 0 Å². The lowest BCUT2D eigenvalue weighted by Crippen LogP contribution is -2.32. The number of imide groups is 1. The molecule has 0 atom stereocenters. The molecule has 2 aromatic carbocycles. The number of amides is 3. The quantitative estimate of drug-likeness (QED) is 0.678. The van der Waals surface area contributed by atoms with E-state index in [1.165, 1.54) is 0 Å². The number of benzene rings is 2. The lowest BCUT2D eigenvalue weighted by molar-refractivity contribution is 0.0902. The van der Waals surface area contributed by atoms with Gasteiger partial charge in [0.25, 0.3) is 5.91 Å². The maximum atomic E-state index is 12.1. The minimum absolute atomic E-state index is 0.385. The van der Waals surface area contributed by atoms with E-state index in [0.717, 1.165) is 8.78 Å². The second kappa shape index (κ2) is 7.11. The van der Waals surface area contributed by atoms with E-state index in [1.807, 2.05) is 6.07 Å². The van der Waals surface area contributed by atoms with E-state index in [2.05, 4.69) is 50.0 Å². The summed E-state index contributed by atoms with van der Waals surface area (Å²) < 4.78 is 2.25. The summed E-state index contributed by atoms with van der Waals surface area (Å²) in [5.41, 5.74) is 0.922. The van der Waals surface area contributed by atoms with Gasteiger partial charge in [-0.3, -0.25) is 4.79 Å². The highest BCUT2D eigenvalue weighted by Gasteiger charge is 2.20. The highest BCUT2D eigenvalue weighted by Crippen LogP contribution is 2.26. The molecule has 1 N–H and O–H groups in total. The maximum Gasteiger partial charge on any atom is 0.338 e. The summed E-state index contributed by atoms with van der Waals surface area (Å²) in [6.45, 7) is 0. The minimum Gasteiger partial charge on any atom is -0.306 e. The second-order valence-electron chi connectivity index (χ2n) is 4.04. The standard InChI is InChI=1S/C14H10Br2N2O2S/c15-10-6-7-11(16)12(8-10)17-14(20)18(21)13(19)9-4-2-1-3-5-9/h1-8,21H,(H,17,20). The monoisotopic (exact) mass is 428 g/mol. The van der Waals surface area contributed by atoms with E-state index < -0.39 is 11.9 Å². The highest BCUT2D eigenvalue weighted by atomic mass is 79.9. The number of hydrogen-bond donors (Lipinski definition) is 2. The molecule has 0 saturated heterocycles. The normalized spacial score (nSPS) is 10.0. The van der Waals surface area contributed by atoms with E-state index in [-0.39, 0.29) is 0 Å². The third-order valence-electron chi connectivity index (χ3n) is 2.58. The minimum atomic E-state index is -0.633. The number of urea groups is 1. The van der Waals surface area contributed by atoms with Crippen LogP contribution in [0.3, 0.4) is 0 Å². The molecule has 0 aromatic heterocycles. The molecule has 0 aliphatic rings. The van der Waals surface area contributed by atoms with Gasteiger partial charge < -0.3 is 5.32 Å². The van der Waals surface area contributed by atoms with Crippen molar-refractivity contribution in [1.29, 1.82) is 0 Å². The Morgan fingerprint density at radius 2 is 1.71 bits per heavy atom. The van der Waals surface area contributed by atoms with Gasteiger partial charge in [-0.05, 0) is 46.3 Å². The summed E-state index contributed by atoms with van der Waals surface area (Å²) in [5.74, 6) is -0.498. The fourth-order valence-electron chi connectivity index (χ4n) is 1.56. The molecule has 4 nitrogen and oxygen atoms in total. The molecule has 0 radical (unpaired) electrons. The summed E-state index contributed by atoms with van der Waals surface area (Å²) in [7, 11) is 0. The van der Waals surface area contributed by atoms with Crippen molar-refractivity contribution >= 4 is 62.3 Å². The smallest absolute Gasteiger partial charge is 0.306 e. The molecule has 0 spiro atoms. The van der Waals surface area contributed by atoms with E-state index in [0.29, 0.717) is 15.7 Å². The number of rotatable bonds is 2. The molecule has 0 aliphatic carbocycles. The molecule has 108 valence electrons. The first-order chi connectivity index (χ1) is 9.99. The van der Waals surface area contributed by atoms with Gasteiger partial charge in [-0.1, -0.05) is 46.9 Å². The van der Waals surface area contributed by atoms with Crippen LogP contribution in [0.2, 0.25) is 0 Å². The molecule has 0 saturated carbocycles. The summed E-state index contributed by atoms with van der Waals surface area (Å²) in [4.78, 5) is 24.2. The van der Waals surface area contributed by atoms with Crippen LogP contribution in [0.1, 0.15) is 10.4 Å². The Bertz CT molecular complexity index is 680. The van der Waals surface area contributed by atoms with Gasteiger partial charge >= 0.3 is 6.03 Å². The number of nitrogens with zero attached hydrogens (tertiary/aromatic N) is 1. The van der Waals surface area contributed by atoms with Crippen LogP contribution in [0.4, 0.5) is 10.5 Å². The number of anilines is 1. The van der Waals surface area contributed by atoms with Crippen LogP contribution in [-0.2, 0) is 0 Å². The number of thiol groups is 1. The topological polar surface area (TPSA) is 49.4 Å². The van der Waals surface area contributed by atoms with Crippen molar-refractivity contribution in [1.82, 2.24) is 4.31 Å². The average Bonchev–Trinajstić information content (AvgIpc) is 2.50. The zero-order valence-electron chi connectivity index (χ0n) is 10.6. The van der Waals surface area contributed by atoms with Crippen molar-refractivity contribution in [2.75, 3.05) is 5.32 Å². The molecule has 0 bridgehead atoms. The molecule has 0 unspecified atom stereocenters. The van der Waals surface area contributed by atoms with Crippen molar-refractivity contribution in [3.63, 3.8) is 0 Å². The van der Waals surface area contributed by atoms with E-state index >= 15 is 0 Å². The summed E-state index contributed by atoms with van der Waals surface area (Å²) in [5, 5.41) is 2.61. The fraction of sp³-hybridized carbons (Fsp3) is 0. The van der Waals surface area contributed by atoms with Crippen LogP contribution in [0.25, 0.3) is 0 Å². The lowest BCUT2D eigenvalue weighted by atomic mass is 10.2. The molecule has 3 amide bonds. The largest absolute Gasteiger partial charge is 0.338 e. The first-order valence-corrected chi connectivity index (χ1v) is 7.82. The molecule has 0 fully saturated rings. The Hall–Kier alpha value is -1.31.